The maximum Gasteiger partial charge on any atom is 0.0550 e. The van der Waals surface area contributed by atoms with Crippen LogP contribution in [0.2, 0.25) is 13.1 Å². The lowest BCUT2D eigenvalue weighted by molar-refractivity contribution is 2.10. The molecule has 0 aromatic carbocycles. The first kappa shape index (κ1) is 5.65. The molecule has 1 unspecified atom stereocenters. The SMILES string of the molecule is CP[SiH](C)C. The van der Waals surface area contributed by atoms with Crippen LogP contribution in [0.25, 0.3) is 0 Å². The van der Waals surface area contributed by atoms with Gasteiger partial charge in [-0.3, -0.25) is 0 Å². The van der Waals surface area contributed by atoms with Gasteiger partial charge >= 0.3 is 0 Å². The average Bonchev–Trinajstić information content (AvgIpc) is 1.38. The Kier molecular flexibility index (Phi) is 3.23. The molecule has 0 aromatic heterocycles. The molecular formula is C3H11PSi. The van der Waals surface area contributed by atoms with Crippen LogP contribution in [0.1, 0.15) is 0 Å². The minimum Gasteiger partial charge on any atom is -0.140 e. The Balaban J connectivity index is 2.54. The highest BCUT2D eigenvalue weighted by Crippen LogP contribution is 2.05. The normalized spacial score (nSPS) is 12.0. The van der Waals surface area contributed by atoms with E-state index in [2.05, 4.69) is 19.8 Å². The van der Waals surface area contributed by atoms with E-state index in [1.807, 2.05) is 0 Å². The van der Waals surface area contributed by atoms with Crippen molar-refractivity contribution in [3.63, 3.8) is 0 Å². The van der Waals surface area contributed by atoms with Crippen molar-refractivity contribution in [2.75, 3.05) is 6.66 Å². The zero-order valence-electron chi connectivity index (χ0n) is 4.08. The van der Waals surface area contributed by atoms with Crippen LogP contribution in [0.5, 0.6) is 0 Å². The Hall–Kier alpha value is 0.647. The maximum atomic E-state index is 2.37. The second-order valence-corrected chi connectivity index (χ2v) is 9.53. The Labute approximate surface area is 37.2 Å². The molecule has 2 heteroatoms. The number of hydrogen-bond acceptors (Lipinski definition) is 0. The first-order valence-corrected chi connectivity index (χ1v) is 7.56. The van der Waals surface area contributed by atoms with Crippen LogP contribution in [-0.4, -0.2) is 15.1 Å². The summed E-state index contributed by atoms with van der Waals surface area (Å²) < 4.78 is 0. The molecule has 0 nitrogen and oxygen atoms in total. The predicted molar refractivity (Wildman–Crippen MR) is 33.1 cm³/mol. The number of rotatable bonds is 1. The summed E-state index contributed by atoms with van der Waals surface area (Å²) in [4.78, 5) is 0. The molecule has 0 amide bonds. The van der Waals surface area contributed by atoms with Gasteiger partial charge in [-0.2, -0.15) is 0 Å². The van der Waals surface area contributed by atoms with E-state index in [9.17, 15) is 0 Å². The van der Waals surface area contributed by atoms with Crippen LogP contribution in [-0.2, 0) is 0 Å². The lowest BCUT2D eigenvalue weighted by atomic mass is 11.9. The molecule has 32 valence electrons. The van der Waals surface area contributed by atoms with Crippen LogP contribution in [0, 0.1) is 0 Å². The fourth-order valence-corrected chi connectivity index (χ4v) is 0. The summed E-state index contributed by atoms with van der Waals surface area (Å²) in [6, 6.07) is 0. The molecule has 0 aliphatic rings. The van der Waals surface area contributed by atoms with Crippen molar-refractivity contribution >= 4 is 16.6 Å². The molecule has 0 heterocycles. The zero-order valence-corrected chi connectivity index (χ0v) is 6.23. The fourth-order valence-electron chi connectivity index (χ4n) is 0. The second kappa shape index (κ2) is 2.86. The van der Waals surface area contributed by atoms with E-state index >= 15 is 0 Å². The first-order chi connectivity index (χ1) is 2.27. The molecule has 0 aromatic rings. The topological polar surface area (TPSA) is 0 Å². The highest BCUT2D eigenvalue weighted by Gasteiger charge is 1.82. The van der Waals surface area contributed by atoms with Gasteiger partial charge in [-0.05, 0) is 0 Å². The minimum absolute atomic E-state index is 0.122. The van der Waals surface area contributed by atoms with Gasteiger partial charge in [-0.25, -0.2) is 0 Å². The van der Waals surface area contributed by atoms with Crippen LogP contribution < -0.4 is 0 Å². The summed E-state index contributed by atoms with van der Waals surface area (Å²) >= 11 is 0. The van der Waals surface area contributed by atoms with Gasteiger partial charge in [0.05, 0.1) is 8.46 Å². The van der Waals surface area contributed by atoms with Crippen LogP contribution in [0.15, 0.2) is 0 Å². The van der Waals surface area contributed by atoms with Crippen molar-refractivity contribution in [2.45, 2.75) is 13.1 Å². The molecule has 0 N–H and O–H groups in total. The third-order valence-electron chi connectivity index (χ3n) is 0.577. The van der Waals surface area contributed by atoms with Crippen LogP contribution in [0.3, 0.4) is 0 Å². The highest BCUT2D eigenvalue weighted by atomic mass is 31.3. The van der Waals surface area contributed by atoms with Gasteiger partial charge in [-0.15, -0.1) is 8.13 Å². The van der Waals surface area contributed by atoms with E-state index in [1.54, 1.807) is 0 Å². The summed E-state index contributed by atoms with van der Waals surface area (Å²) in [6.07, 6.45) is 0. The Morgan fingerprint density at radius 2 is 1.60 bits per heavy atom. The van der Waals surface area contributed by atoms with Gasteiger partial charge in [0.25, 0.3) is 0 Å². The maximum absolute atomic E-state index is 2.37. The summed E-state index contributed by atoms with van der Waals surface area (Å²) in [5, 5.41) is 0. The zero-order chi connectivity index (χ0) is 4.28. The molecule has 0 saturated heterocycles. The quantitative estimate of drug-likeness (QED) is 0.349. The van der Waals surface area contributed by atoms with Gasteiger partial charge in [0.15, 0.2) is 0 Å². The van der Waals surface area contributed by atoms with Crippen LogP contribution in [0.4, 0.5) is 0 Å². The van der Waals surface area contributed by atoms with E-state index < -0.39 is 0 Å². The van der Waals surface area contributed by atoms with Crippen molar-refractivity contribution in [3.8, 4) is 0 Å². The van der Waals surface area contributed by atoms with Crippen molar-refractivity contribution in [2.24, 2.45) is 0 Å². The fraction of sp³-hybridized carbons (Fsp3) is 1.00. The third-order valence-corrected chi connectivity index (χ3v) is 5.20. The summed E-state index contributed by atoms with van der Waals surface area (Å²) in [5.41, 5.74) is 0. The van der Waals surface area contributed by atoms with Gasteiger partial charge in [0, 0.05) is 0 Å². The number of hydrogen-bond donors (Lipinski definition) is 0. The molecule has 0 aliphatic heterocycles. The van der Waals surface area contributed by atoms with E-state index in [-0.39, 0.29) is 8.46 Å². The average molecular weight is 106 g/mol. The molecule has 1 atom stereocenters. The van der Waals surface area contributed by atoms with E-state index in [1.165, 1.54) is 8.13 Å². The molecule has 0 saturated carbocycles. The molecular weight excluding hydrogens is 95.1 g/mol. The monoisotopic (exact) mass is 106 g/mol. The van der Waals surface area contributed by atoms with E-state index in [0.717, 1.165) is 0 Å². The van der Waals surface area contributed by atoms with E-state index in [4.69, 9.17) is 0 Å². The molecule has 0 fully saturated rings. The first-order valence-electron chi connectivity index (χ1n) is 1.94. The molecule has 0 aliphatic carbocycles. The van der Waals surface area contributed by atoms with Crippen molar-refractivity contribution in [3.05, 3.63) is 0 Å². The highest BCUT2D eigenvalue weighted by molar-refractivity contribution is 7.75. The minimum atomic E-state index is -0.122. The summed E-state index contributed by atoms with van der Waals surface area (Å²) in [7, 11) is 1.13. The lowest BCUT2D eigenvalue weighted by Crippen LogP contribution is -1.84. The molecule has 5 heavy (non-hydrogen) atoms. The summed E-state index contributed by atoms with van der Waals surface area (Å²) in [5.74, 6) is 0. The third kappa shape index (κ3) is 4.65. The lowest BCUT2D eigenvalue weighted by Gasteiger charge is -1.88. The van der Waals surface area contributed by atoms with Gasteiger partial charge in [0.1, 0.15) is 0 Å². The molecule has 0 rings (SSSR count). The summed E-state index contributed by atoms with van der Waals surface area (Å²) in [6.45, 7) is 7.04. The Bertz CT molecular complexity index is 20.9. The molecule has 0 bridgehead atoms. The Morgan fingerprint density at radius 1 is 1.40 bits per heavy atom. The van der Waals surface area contributed by atoms with E-state index in [0.29, 0.717) is 0 Å². The van der Waals surface area contributed by atoms with Crippen molar-refractivity contribution in [1.82, 2.24) is 0 Å². The Morgan fingerprint density at radius 3 is 1.60 bits per heavy atom. The largest absolute Gasteiger partial charge is 0.140 e. The van der Waals surface area contributed by atoms with Gasteiger partial charge in [0.2, 0.25) is 0 Å². The molecule has 0 spiro atoms. The van der Waals surface area contributed by atoms with Crippen molar-refractivity contribution < 1.29 is 0 Å². The van der Waals surface area contributed by atoms with Crippen LogP contribution >= 0.6 is 8.13 Å². The second-order valence-electron chi connectivity index (χ2n) is 1.44. The molecule has 0 radical (unpaired) electrons. The van der Waals surface area contributed by atoms with Gasteiger partial charge in [-0.1, -0.05) is 19.8 Å². The van der Waals surface area contributed by atoms with Gasteiger partial charge < -0.3 is 0 Å². The standard InChI is InChI=1S/C3H11PSi/c1-4-5(2)3/h4-5H,1-3H3. The van der Waals surface area contributed by atoms with Crippen molar-refractivity contribution in [1.29, 1.82) is 0 Å². The predicted octanol–water partition coefficient (Wildman–Crippen LogP) is 1.28. The smallest absolute Gasteiger partial charge is 0.0550 e.